The van der Waals surface area contributed by atoms with Gasteiger partial charge in [-0.05, 0) is 36.4 Å². The first-order chi connectivity index (χ1) is 14.8. The van der Waals surface area contributed by atoms with Crippen molar-refractivity contribution in [3.05, 3.63) is 70.2 Å². The van der Waals surface area contributed by atoms with Gasteiger partial charge in [0.25, 0.3) is 5.91 Å². The average molecular weight is 479 g/mol. The summed E-state index contributed by atoms with van der Waals surface area (Å²) in [6.07, 6.45) is 1.51. The van der Waals surface area contributed by atoms with E-state index < -0.39 is 15.9 Å². The second-order valence-corrected chi connectivity index (χ2v) is 9.78. The molecule has 0 unspecified atom stereocenters. The van der Waals surface area contributed by atoms with Crippen molar-refractivity contribution in [3.63, 3.8) is 0 Å². The van der Waals surface area contributed by atoms with Crippen LogP contribution in [0.5, 0.6) is 0 Å². The zero-order valence-corrected chi connectivity index (χ0v) is 18.7. The molecule has 1 atom stereocenters. The molecule has 4 rings (SSSR count). The van der Waals surface area contributed by atoms with Gasteiger partial charge in [-0.2, -0.15) is 0 Å². The number of carbonyl (C=O) groups is 1. The van der Waals surface area contributed by atoms with Gasteiger partial charge in [0, 0.05) is 24.2 Å². The topological polar surface area (TPSA) is 84.5 Å². The lowest BCUT2D eigenvalue weighted by Crippen LogP contribution is -2.32. The van der Waals surface area contributed by atoms with Gasteiger partial charge in [0.2, 0.25) is 10.0 Å². The molecule has 9 heteroatoms. The van der Waals surface area contributed by atoms with E-state index in [1.807, 2.05) is 36.4 Å². The van der Waals surface area contributed by atoms with Gasteiger partial charge in [0.15, 0.2) is 0 Å². The molecule has 6 nitrogen and oxygen atoms in total. The number of anilines is 1. The van der Waals surface area contributed by atoms with Gasteiger partial charge in [0.1, 0.15) is 4.90 Å². The number of benzene rings is 3. The maximum Gasteiger partial charge on any atom is 0.257 e. The number of ether oxygens (including phenoxy) is 1. The molecule has 0 spiro atoms. The lowest BCUT2D eigenvalue weighted by molar-refractivity contribution is 0.102. The van der Waals surface area contributed by atoms with E-state index in [9.17, 15) is 13.2 Å². The molecule has 0 bridgehead atoms. The summed E-state index contributed by atoms with van der Waals surface area (Å²) in [4.78, 5) is 12.8. The van der Waals surface area contributed by atoms with E-state index in [1.165, 1.54) is 12.1 Å². The number of rotatable bonds is 6. The summed E-state index contributed by atoms with van der Waals surface area (Å²) >= 11 is 12.4. The third-order valence-electron chi connectivity index (χ3n) is 5.12. The van der Waals surface area contributed by atoms with E-state index >= 15 is 0 Å². The summed E-state index contributed by atoms with van der Waals surface area (Å²) in [5, 5.41) is 4.63. The van der Waals surface area contributed by atoms with Crippen LogP contribution in [0.1, 0.15) is 23.2 Å². The smallest absolute Gasteiger partial charge is 0.257 e. The molecule has 31 heavy (non-hydrogen) atoms. The minimum atomic E-state index is -3.96. The molecule has 0 aliphatic carbocycles. The highest BCUT2D eigenvalue weighted by Crippen LogP contribution is 2.30. The van der Waals surface area contributed by atoms with Crippen LogP contribution in [0, 0.1) is 0 Å². The number of halogens is 2. The molecule has 1 fully saturated rings. The number of fused-ring (bicyclic) bond motifs is 1. The van der Waals surface area contributed by atoms with Crippen LogP contribution in [0.25, 0.3) is 10.8 Å². The van der Waals surface area contributed by atoms with Gasteiger partial charge in [0.05, 0.1) is 21.7 Å². The highest BCUT2D eigenvalue weighted by Gasteiger charge is 2.25. The van der Waals surface area contributed by atoms with E-state index in [-0.39, 0.29) is 33.2 Å². The summed E-state index contributed by atoms with van der Waals surface area (Å²) in [5.41, 5.74) is 0.603. The van der Waals surface area contributed by atoms with Crippen molar-refractivity contribution in [3.8, 4) is 0 Å². The molecule has 1 amide bonds. The summed E-state index contributed by atoms with van der Waals surface area (Å²) in [5.74, 6) is -0.534. The Morgan fingerprint density at radius 1 is 1.06 bits per heavy atom. The summed E-state index contributed by atoms with van der Waals surface area (Å²) in [6.45, 7) is 0.755. The van der Waals surface area contributed by atoms with Gasteiger partial charge in [-0.1, -0.05) is 59.6 Å². The van der Waals surface area contributed by atoms with Crippen LogP contribution in [-0.4, -0.2) is 33.6 Å². The lowest BCUT2D eigenvalue weighted by atomic mass is 10.1. The van der Waals surface area contributed by atoms with E-state index in [0.717, 1.165) is 23.6 Å². The minimum absolute atomic E-state index is 0.0106. The van der Waals surface area contributed by atoms with Crippen molar-refractivity contribution in [1.82, 2.24) is 4.72 Å². The summed E-state index contributed by atoms with van der Waals surface area (Å²) < 4.78 is 33.6. The van der Waals surface area contributed by atoms with Gasteiger partial charge in [-0.15, -0.1) is 0 Å². The van der Waals surface area contributed by atoms with E-state index in [1.54, 1.807) is 6.07 Å². The molecule has 0 radical (unpaired) electrons. The molecule has 3 aromatic rings. The van der Waals surface area contributed by atoms with E-state index in [4.69, 9.17) is 27.9 Å². The van der Waals surface area contributed by atoms with Crippen LogP contribution < -0.4 is 10.0 Å². The quantitative estimate of drug-likeness (QED) is 0.529. The third-order valence-corrected chi connectivity index (χ3v) is 7.32. The Hall–Kier alpha value is -2.16. The average Bonchev–Trinajstić information content (AvgIpc) is 3.26. The number of amides is 1. The molecule has 1 heterocycles. The first-order valence-electron chi connectivity index (χ1n) is 9.74. The van der Waals surface area contributed by atoms with Crippen molar-refractivity contribution in [2.24, 2.45) is 0 Å². The standard InChI is InChI=1S/C22H20Cl2N2O4S/c23-18-12-19(24)21(31(28,29)25-13-15-7-4-10-30-15)11-17(18)22(27)26-20-9-3-6-14-5-1-2-8-16(14)20/h1-3,5-6,8-9,11-12,15,25H,4,7,10,13H2,(H,26,27)/t15-/m0/s1. The van der Waals surface area contributed by atoms with Crippen molar-refractivity contribution < 1.29 is 17.9 Å². The Labute approximate surface area is 190 Å². The van der Waals surface area contributed by atoms with Gasteiger partial charge in [-0.25, -0.2) is 13.1 Å². The Bertz CT molecular complexity index is 1240. The predicted molar refractivity (Wildman–Crippen MR) is 123 cm³/mol. The highest BCUT2D eigenvalue weighted by atomic mass is 35.5. The van der Waals surface area contributed by atoms with Crippen LogP contribution in [0.3, 0.4) is 0 Å². The number of hydrogen-bond acceptors (Lipinski definition) is 4. The Morgan fingerprint density at radius 3 is 2.61 bits per heavy atom. The molecule has 1 saturated heterocycles. The van der Waals surface area contributed by atoms with Gasteiger partial charge >= 0.3 is 0 Å². The van der Waals surface area contributed by atoms with Gasteiger partial charge in [-0.3, -0.25) is 4.79 Å². The molecule has 3 aromatic carbocycles. The molecule has 1 aliphatic heterocycles. The van der Waals surface area contributed by atoms with Crippen molar-refractivity contribution >= 4 is 55.6 Å². The number of sulfonamides is 1. The fraction of sp³-hybridized carbons (Fsp3) is 0.227. The fourth-order valence-corrected chi connectivity index (χ4v) is 5.44. The molecular formula is C22H20Cl2N2O4S. The lowest BCUT2D eigenvalue weighted by Gasteiger charge is -2.14. The summed E-state index contributed by atoms with van der Waals surface area (Å²) in [7, 11) is -3.96. The van der Waals surface area contributed by atoms with E-state index in [0.29, 0.717) is 12.3 Å². The second-order valence-electron chi connectivity index (χ2n) is 7.23. The second kappa shape index (κ2) is 9.14. The van der Waals surface area contributed by atoms with Crippen LogP contribution in [0.4, 0.5) is 5.69 Å². The molecular weight excluding hydrogens is 459 g/mol. The number of carbonyl (C=O) groups excluding carboxylic acids is 1. The predicted octanol–water partition coefficient (Wildman–Crippen LogP) is 4.86. The van der Waals surface area contributed by atoms with Crippen molar-refractivity contribution in [2.75, 3.05) is 18.5 Å². The molecule has 162 valence electrons. The molecule has 0 saturated carbocycles. The van der Waals surface area contributed by atoms with Gasteiger partial charge < -0.3 is 10.1 Å². The normalized spacial score (nSPS) is 16.5. The van der Waals surface area contributed by atoms with Crippen molar-refractivity contribution in [1.29, 1.82) is 0 Å². The van der Waals surface area contributed by atoms with Crippen LogP contribution in [0.2, 0.25) is 10.0 Å². The number of hydrogen-bond donors (Lipinski definition) is 2. The Morgan fingerprint density at radius 2 is 1.84 bits per heavy atom. The Balaban J connectivity index is 1.61. The zero-order valence-electron chi connectivity index (χ0n) is 16.4. The Kier molecular flexibility index (Phi) is 6.50. The summed E-state index contributed by atoms with van der Waals surface area (Å²) in [6, 6.07) is 15.6. The first-order valence-corrected chi connectivity index (χ1v) is 12.0. The minimum Gasteiger partial charge on any atom is -0.377 e. The third kappa shape index (κ3) is 4.86. The largest absolute Gasteiger partial charge is 0.377 e. The fourth-order valence-electron chi connectivity index (χ4n) is 3.52. The highest BCUT2D eigenvalue weighted by molar-refractivity contribution is 7.89. The van der Waals surface area contributed by atoms with Crippen LogP contribution in [-0.2, 0) is 14.8 Å². The van der Waals surface area contributed by atoms with Crippen LogP contribution >= 0.6 is 23.2 Å². The maximum atomic E-state index is 13.0. The zero-order chi connectivity index (χ0) is 22.0. The van der Waals surface area contributed by atoms with E-state index in [2.05, 4.69) is 10.0 Å². The number of nitrogens with one attached hydrogen (secondary N) is 2. The maximum absolute atomic E-state index is 13.0. The SMILES string of the molecule is O=C(Nc1cccc2ccccc12)c1cc(S(=O)(=O)NC[C@@H]2CCCO2)c(Cl)cc1Cl. The van der Waals surface area contributed by atoms with Crippen molar-refractivity contribution in [2.45, 2.75) is 23.8 Å². The monoisotopic (exact) mass is 478 g/mol. The molecule has 2 N–H and O–H groups in total. The first kappa shape index (κ1) is 22.0. The molecule has 1 aliphatic rings. The molecule has 0 aromatic heterocycles. The van der Waals surface area contributed by atoms with Crippen LogP contribution in [0.15, 0.2) is 59.5 Å².